The Morgan fingerprint density at radius 1 is 1.20 bits per heavy atom. The Morgan fingerprint density at radius 2 is 2.07 bits per heavy atom. The summed E-state index contributed by atoms with van der Waals surface area (Å²) in [6, 6.07) is 12.9. The summed E-state index contributed by atoms with van der Waals surface area (Å²) in [7, 11) is 0. The van der Waals surface area contributed by atoms with Crippen molar-refractivity contribution >= 4 is 22.9 Å². The molecule has 4 N–H and O–H groups in total. The van der Waals surface area contributed by atoms with E-state index in [0.717, 1.165) is 42.0 Å². The van der Waals surface area contributed by atoms with Gasteiger partial charge in [-0.05, 0) is 43.7 Å². The van der Waals surface area contributed by atoms with E-state index in [1.54, 1.807) is 43.0 Å². The molecule has 0 spiro atoms. The number of nitrogens with zero attached hydrogens (tertiary/aromatic N) is 4. The quantitative estimate of drug-likeness (QED) is 0.486. The monoisotopic (exact) mass is 399 g/mol. The molecule has 5 rings (SSSR count). The number of hydrogen-bond donors (Lipinski definition) is 3. The highest BCUT2D eigenvalue weighted by Gasteiger charge is 2.24. The van der Waals surface area contributed by atoms with Crippen molar-refractivity contribution in [1.29, 1.82) is 0 Å². The van der Waals surface area contributed by atoms with Gasteiger partial charge in [0.25, 0.3) is 5.91 Å². The van der Waals surface area contributed by atoms with Crippen LogP contribution in [0.4, 0.5) is 11.5 Å². The van der Waals surface area contributed by atoms with Crippen LogP contribution in [0, 0.1) is 0 Å². The van der Waals surface area contributed by atoms with Gasteiger partial charge in [0, 0.05) is 17.3 Å². The van der Waals surface area contributed by atoms with E-state index in [9.17, 15) is 4.79 Å². The second kappa shape index (κ2) is 7.57. The Labute approximate surface area is 173 Å². The van der Waals surface area contributed by atoms with Crippen LogP contribution in [0.5, 0.6) is 0 Å². The molecule has 1 saturated heterocycles. The van der Waals surface area contributed by atoms with Crippen molar-refractivity contribution in [1.82, 2.24) is 24.7 Å². The number of carbonyl (C=O) groups excluding carboxylic acids is 1. The van der Waals surface area contributed by atoms with Gasteiger partial charge in [0.15, 0.2) is 0 Å². The molecular weight excluding hydrogens is 378 g/mol. The number of anilines is 2. The van der Waals surface area contributed by atoms with Crippen molar-refractivity contribution in [3.63, 3.8) is 0 Å². The molecule has 1 aromatic carbocycles. The van der Waals surface area contributed by atoms with Gasteiger partial charge in [0.2, 0.25) is 0 Å². The Balaban J connectivity index is 1.49. The lowest BCUT2D eigenvalue weighted by Crippen LogP contribution is -2.16. The summed E-state index contributed by atoms with van der Waals surface area (Å²) >= 11 is 0. The van der Waals surface area contributed by atoms with Crippen LogP contribution in [0.2, 0.25) is 0 Å². The SMILES string of the molecule is Nc1cncn2c([C@@H]3CCCN3)nc(-c3ccc(C(=O)Nc4ccccn4)cc3)c12. The van der Waals surface area contributed by atoms with Gasteiger partial charge in [-0.2, -0.15) is 0 Å². The molecule has 150 valence electrons. The molecule has 0 radical (unpaired) electrons. The standard InChI is InChI=1S/C22H21N7O/c23-16-12-24-13-29-20(16)19(28-21(29)17-4-3-11-25-17)14-6-8-15(9-7-14)22(30)27-18-5-1-2-10-26-18/h1-2,5-10,12-13,17,25H,3-4,11,23H2,(H,26,27,30)/t17-/m0/s1. The highest BCUT2D eigenvalue weighted by Crippen LogP contribution is 2.32. The fourth-order valence-electron chi connectivity index (χ4n) is 3.84. The topological polar surface area (TPSA) is 110 Å². The first-order chi connectivity index (χ1) is 14.7. The third-order valence-electron chi connectivity index (χ3n) is 5.31. The number of carbonyl (C=O) groups is 1. The number of nitrogens with one attached hydrogen (secondary N) is 2. The molecule has 1 amide bonds. The van der Waals surface area contributed by atoms with Crippen molar-refractivity contribution in [2.75, 3.05) is 17.6 Å². The zero-order chi connectivity index (χ0) is 20.5. The first-order valence-corrected chi connectivity index (χ1v) is 9.88. The lowest BCUT2D eigenvalue weighted by molar-refractivity contribution is 0.102. The minimum absolute atomic E-state index is 0.179. The minimum Gasteiger partial charge on any atom is -0.396 e. The van der Waals surface area contributed by atoms with E-state index in [-0.39, 0.29) is 11.9 Å². The molecule has 1 atom stereocenters. The number of imidazole rings is 1. The van der Waals surface area contributed by atoms with E-state index in [0.29, 0.717) is 17.1 Å². The second-order valence-corrected chi connectivity index (χ2v) is 7.28. The number of aromatic nitrogens is 4. The molecule has 0 aliphatic carbocycles. The molecular formula is C22H21N7O. The third kappa shape index (κ3) is 3.27. The van der Waals surface area contributed by atoms with E-state index < -0.39 is 0 Å². The van der Waals surface area contributed by atoms with Crippen LogP contribution in [0.25, 0.3) is 16.8 Å². The summed E-state index contributed by atoms with van der Waals surface area (Å²) in [6.45, 7) is 0.977. The van der Waals surface area contributed by atoms with Gasteiger partial charge in [-0.1, -0.05) is 18.2 Å². The molecule has 4 aromatic rings. The number of amides is 1. The summed E-state index contributed by atoms with van der Waals surface area (Å²) in [5.41, 5.74) is 9.88. The van der Waals surface area contributed by atoms with Gasteiger partial charge in [-0.15, -0.1) is 0 Å². The summed E-state index contributed by atoms with van der Waals surface area (Å²) in [4.78, 5) is 25.8. The Kier molecular flexibility index (Phi) is 4.61. The summed E-state index contributed by atoms with van der Waals surface area (Å²) < 4.78 is 1.97. The molecule has 0 bridgehead atoms. The van der Waals surface area contributed by atoms with Crippen molar-refractivity contribution in [3.8, 4) is 11.3 Å². The molecule has 3 aromatic heterocycles. The van der Waals surface area contributed by atoms with E-state index in [1.807, 2.05) is 22.6 Å². The zero-order valence-electron chi connectivity index (χ0n) is 16.2. The summed E-state index contributed by atoms with van der Waals surface area (Å²) in [5.74, 6) is 1.21. The smallest absolute Gasteiger partial charge is 0.256 e. The van der Waals surface area contributed by atoms with Gasteiger partial charge in [-0.3, -0.25) is 9.20 Å². The van der Waals surface area contributed by atoms with Gasteiger partial charge in [-0.25, -0.2) is 15.0 Å². The first kappa shape index (κ1) is 18.3. The molecule has 1 aliphatic rings. The van der Waals surface area contributed by atoms with Crippen LogP contribution in [0.3, 0.4) is 0 Å². The molecule has 8 heteroatoms. The number of rotatable bonds is 4. The fourth-order valence-corrected chi connectivity index (χ4v) is 3.84. The number of fused-ring (bicyclic) bond motifs is 1. The third-order valence-corrected chi connectivity index (χ3v) is 5.31. The van der Waals surface area contributed by atoms with E-state index >= 15 is 0 Å². The highest BCUT2D eigenvalue weighted by atomic mass is 16.1. The molecule has 8 nitrogen and oxygen atoms in total. The number of nitrogen functional groups attached to an aromatic ring is 1. The summed E-state index contributed by atoms with van der Waals surface area (Å²) in [5, 5.41) is 6.28. The number of pyridine rings is 1. The predicted molar refractivity (Wildman–Crippen MR) is 115 cm³/mol. The summed E-state index contributed by atoms with van der Waals surface area (Å²) in [6.07, 6.45) is 7.18. The Morgan fingerprint density at radius 3 is 2.80 bits per heavy atom. The minimum atomic E-state index is -0.213. The maximum atomic E-state index is 12.5. The molecule has 0 unspecified atom stereocenters. The van der Waals surface area contributed by atoms with Crippen molar-refractivity contribution < 1.29 is 4.79 Å². The highest BCUT2D eigenvalue weighted by molar-refractivity contribution is 6.04. The number of nitrogens with two attached hydrogens (primary N) is 1. The van der Waals surface area contributed by atoms with Crippen molar-refractivity contribution in [2.45, 2.75) is 18.9 Å². The molecule has 1 fully saturated rings. The average molecular weight is 399 g/mol. The Bertz CT molecular complexity index is 1200. The fraction of sp³-hybridized carbons (Fsp3) is 0.182. The van der Waals surface area contributed by atoms with Crippen LogP contribution < -0.4 is 16.4 Å². The van der Waals surface area contributed by atoms with Crippen molar-refractivity contribution in [2.24, 2.45) is 0 Å². The average Bonchev–Trinajstić information content (AvgIpc) is 3.43. The molecule has 30 heavy (non-hydrogen) atoms. The maximum Gasteiger partial charge on any atom is 0.256 e. The second-order valence-electron chi connectivity index (χ2n) is 7.28. The van der Waals surface area contributed by atoms with Crippen molar-refractivity contribution in [3.05, 3.63) is 72.6 Å². The van der Waals surface area contributed by atoms with Gasteiger partial charge in [0.1, 0.15) is 18.0 Å². The number of hydrogen-bond acceptors (Lipinski definition) is 6. The molecule has 4 heterocycles. The maximum absolute atomic E-state index is 12.5. The molecule has 1 aliphatic heterocycles. The van der Waals surface area contributed by atoms with Crippen LogP contribution in [-0.2, 0) is 0 Å². The zero-order valence-corrected chi connectivity index (χ0v) is 16.2. The van der Waals surface area contributed by atoms with Crippen LogP contribution in [0.1, 0.15) is 35.1 Å². The van der Waals surface area contributed by atoms with Gasteiger partial charge in [0.05, 0.1) is 29.1 Å². The van der Waals surface area contributed by atoms with Gasteiger partial charge >= 0.3 is 0 Å². The number of benzene rings is 1. The lowest BCUT2D eigenvalue weighted by Gasteiger charge is -2.08. The van der Waals surface area contributed by atoms with Gasteiger partial charge < -0.3 is 16.4 Å². The van der Waals surface area contributed by atoms with Crippen LogP contribution >= 0.6 is 0 Å². The van der Waals surface area contributed by atoms with Crippen LogP contribution in [0.15, 0.2) is 61.2 Å². The first-order valence-electron chi connectivity index (χ1n) is 9.88. The predicted octanol–water partition coefficient (Wildman–Crippen LogP) is 3.05. The largest absolute Gasteiger partial charge is 0.396 e. The Hall–Kier alpha value is -3.78. The normalized spacial score (nSPS) is 16.1. The lowest BCUT2D eigenvalue weighted by atomic mass is 10.1. The molecule has 0 saturated carbocycles. The van der Waals surface area contributed by atoms with E-state index in [1.165, 1.54) is 0 Å². The van der Waals surface area contributed by atoms with E-state index in [4.69, 9.17) is 10.7 Å². The van der Waals surface area contributed by atoms with Crippen LogP contribution in [-0.4, -0.2) is 31.8 Å². The van der Waals surface area contributed by atoms with E-state index in [2.05, 4.69) is 20.6 Å².